The molecule has 112 valence electrons. The third kappa shape index (κ3) is 4.05. The molecule has 1 nitrogen and oxygen atoms in total. The average Bonchev–Trinajstić information content (AvgIpc) is 2.51. The molecule has 2 aromatic carbocycles. The summed E-state index contributed by atoms with van der Waals surface area (Å²) in [6.45, 7) is 5.31. The minimum atomic E-state index is -0.268. The molecule has 0 aliphatic carbocycles. The van der Waals surface area contributed by atoms with E-state index in [0.29, 0.717) is 11.1 Å². The molecule has 3 heteroatoms. The van der Waals surface area contributed by atoms with Gasteiger partial charge in [0.1, 0.15) is 5.82 Å². The molecule has 0 radical (unpaired) electrons. The van der Waals surface area contributed by atoms with Crippen LogP contribution in [0.15, 0.2) is 42.5 Å². The summed E-state index contributed by atoms with van der Waals surface area (Å²) in [6.07, 6.45) is 2.12. The van der Waals surface area contributed by atoms with Crippen LogP contribution in [0.5, 0.6) is 0 Å². The lowest BCUT2D eigenvalue weighted by Gasteiger charge is -2.18. The Balaban J connectivity index is 2.34. The van der Waals surface area contributed by atoms with E-state index in [-0.39, 0.29) is 5.82 Å². The molecule has 21 heavy (non-hydrogen) atoms. The van der Waals surface area contributed by atoms with E-state index in [4.69, 9.17) is 11.6 Å². The van der Waals surface area contributed by atoms with Crippen LogP contribution < -0.4 is 5.32 Å². The normalized spacial score (nSPS) is 12.4. The lowest BCUT2D eigenvalue weighted by Crippen LogP contribution is -2.21. The van der Waals surface area contributed by atoms with E-state index in [1.165, 1.54) is 17.7 Å². The molecule has 1 N–H and O–H groups in total. The highest BCUT2D eigenvalue weighted by Gasteiger charge is 2.11. The Kier molecular flexibility index (Phi) is 5.77. The van der Waals surface area contributed by atoms with Gasteiger partial charge in [-0.05, 0) is 54.8 Å². The van der Waals surface area contributed by atoms with Crippen LogP contribution in [0.25, 0.3) is 11.1 Å². The number of nitrogens with one attached hydrogen (secondary N) is 1. The highest BCUT2D eigenvalue weighted by Crippen LogP contribution is 2.30. The first-order valence-electron chi connectivity index (χ1n) is 7.44. The molecule has 1 unspecified atom stereocenters. The van der Waals surface area contributed by atoms with E-state index in [2.05, 4.69) is 31.3 Å². The van der Waals surface area contributed by atoms with E-state index in [0.717, 1.165) is 30.5 Å². The Bertz CT molecular complexity index is 598. The molecular weight excluding hydrogens is 285 g/mol. The molecule has 0 saturated heterocycles. The third-order valence-electron chi connectivity index (χ3n) is 3.58. The lowest BCUT2D eigenvalue weighted by molar-refractivity contribution is 0.518. The zero-order valence-corrected chi connectivity index (χ0v) is 13.3. The Hall–Kier alpha value is -1.38. The van der Waals surface area contributed by atoms with Crippen LogP contribution >= 0.6 is 11.6 Å². The summed E-state index contributed by atoms with van der Waals surface area (Å²) in [4.78, 5) is 0. The van der Waals surface area contributed by atoms with E-state index >= 15 is 0 Å². The fourth-order valence-corrected chi connectivity index (χ4v) is 2.68. The van der Waals surface area contributed by atoms with Crippen molar-refractivity contribution in [3.05, 3.63) is 58.9 Å². The van der Waals surface area contributed by atoms with Crippen molar-refractivity contribution in [1.29, 1.82) is 0 Å². The lowest BCUT2D eigenvalue weighted by atomic mass is 9.98. The molecule has 1 atom stereocenters. The van der Waals surface area contributed by atoms with Gasteiger partial charge in [-0.2, -0.15) is 0 Å². The van der Waals surface area contributed by atoms with Crippen molar-refractivity contribution < 1.29 is 4.39 Å². The molecule has 0 aliphatic heterocycles. The van der Waals surface area contributed by atoms with Gasteiger partial charge in [-0.25, -0.2) is 4.39 Å². The van der Waals surface area contributed by atoms with Gasteiger partial charge >= 0.3 is 0 Å². The molecule has 0 aromatic heterocycles. The molecule has 0 fully saturated rings. The Morgan fingerprint density at radius 3 is 2.67 bits per heavy atom. The molecule has 2 rings (SSSR count). The predicted octanol–water partition coefficient (Wildman–Crippen LogP) is 5.60. The highest BCUT2D eigenvalue weighted by molar-refractivity contribution is 6.33. The summed E-state index contributed by atoms with van der Waals surface area (Å²) >= 11 is 6.20. The van der Waals surface area contributed by atoms with Gasteiger partial charge < -0.3 is 5.32 Å². The molecule has 0 aliphatic rings. The second-order valence-electron chi connectivity index (χ2n) is 5.16. The molecular formula is C18H21ClFN. The van der Waals surface area contributed by atoms with Crippen LogP contribution in [0.3, 0.4) is 0 Å². The van der Waals surface area contributed by atoms with Crippen molar-refractivity contribution in [2.45, 2.75) is 32.7 Å². The van der Waals surface area contributed by atoms with Gasteiger partial charge in [0.15, 0.2) is 0 Å². The van der Waals surface area contributed by atoms with Crippen LogP contribution in [0.1, 0.15) is 38.3 Å². The average molecular weight is 306 g/mol. The SMILES string of the molecule is CCCNC(CC)c1cccc(-c2cc(F)ccc2Cl)c1. The van der Waals surface area contributed by atoms with Gasteiger partial charge in [0.25, 0.3) is 0 Å². The quantitative estimate of drug-likeness (QED) is 0.733. The van der Waals surface area contributed by atoms with Crippen LogP contribution in [-0.4, -0.2) is 6.54 Å². The maximum atomic E-state index is 13.5. The van der Waals surface area contributed by atoms with Crippen LogP contribution in [0, 0.1) is 5.82 Å². The minimum absolute atomic E-state index is 0.268. The minimum Gasteiger partial charge on any atom is -0.310 e. The van der Waals surface area contributed by atoms with Crippen molar-refractivity contribution in [2.75, 3.05) is 6.54 Å². The van der Waals surface area contributed by atoms with Gasteiger partial charge in [-0.1, -0.05) is 43.6 Å². The first kappa shape index (κ1) is 16.0. The highest BCUT2D eigenvalue weighted by atomic mass is 35.5. The van der Waals surface area contributed by atoms with E-state index in [1.54, 1.807) is 6.07 Å². The van der Waals surface area contributed by atoms with Gasteiger partial charge in [0.05, 0.1) is 0 Å². The zero-order valence-electron chi connectivity index (χ0n) is 12.5. The summed E-state index contributed by atoms with van der Waals surface area (Å²) < 4.78 is 13.5. The van der Waals surface area contributed by atoms with Crippen LogP contribution in [-0.2, 0) is 0 Å². The summed E-state index contributed by atoms with van der Waals surface area (Å²) in [5.41, 5.74) is 2.90. The summed E-state index contributed by atoms with van der Waals surface area (Å²) in [7, 11) is 0. The largest absolute Gasteiger partial charge is 0.310 e. The molecule has 0 bridgehead atoms. The Morgan fingerprint density at radius 1 is 1.14 bits per heavy atom. The van der Waals surface area contributed by atoms with Crippen molar-refractivity contribution in [2.24, 2.45) is 0 Å². The number of halogens is 2. The van der Waals surface area contributed by atoms with E-state index in [1.807, 2.05) is 12.1 Å². The fraction of sp³-hybridized carbons (Fsp3) is 0.333. The Morgan fingerprint density at radius 2 is 1.95 bits per heavy atom. The molecule has 0 amide bonds. The molecule has 2 aromatic rings. The van der Waals surface area contributed by atoms with Crippen molar-refractivity contribution in [3.8, 4) is 11.1 Å². The van der Waals surface area contributed by atoms with E-state index < -0.39 is 0 Å². The van der Waals surface area contributed by atoms with E-state index in [9.17, 15) is 4.39 Å². The van der Waals surface area contributed by atoms with Crippen LogP contribution in [0.2, 0.25) is 5.02 Å². The summed E-state index contributed by atoms with van der Waals surface area (Å²) in [5.74, 6) is -0.268. The maximum Gasteiger partial charge on any atom is 0.123 e. The summed E-state index contributed by atoms with van der Waals surface area (Å²) in [5, 5.41) is 4.11. The maximum absolute atomic E-state index is 13.5. The Labute approximate surface area is 131 Å². The summed E-state index contributed by atoms with van der Waals surface area (Å²) in [6, 6.07) is 13.0. The van der Waals surface area contributed by atoms with Gasteiger partial charge in [0.2, 0.25) is 0 Å². The number of benzene rings is 2. The molecule has 0 saturated carbocycles. The smallest absolute Gasteiger partial charge is 0.123 e. The zero-order chi connectivity index (χ0) is 15.2. The third-order valence-corrected chi connectivity index (χ3v) is 3.91. The van der Waals surface area contributed by atoms with Crippen LogP contribution in [0.4, 0.5) is 4.39 Å². The van der Waals surface area contributed by atoms with Gasteiger partial charge in [-0.3, -0.25) is 0 Å². The standard InChI is InChI=1S/C18H21ClFN/c1-3-10-21-18(4-2)14-7-5-6-13(11-14)16-12-15(20)8-9-17(16)19/h5-9,11-12,18,21H,3-4,10H2,1-2H3. The monoisotopic (exact) mass is 305 g/mol. The number of hydrogen-bond donors (Lipinski definition) is 1. The van der Waals surface area contributed by atoms with Crippen molar-refractivity contribution in [3.63, 3.8) is 0 Å². The van der Waals surface area contributed by atoms with Crippen molar-refractivity contribution in [1.82, 2.24) is 5.32 Å². The van der Waals surface area contributed by atoms with Crippen molar-refractivity contribution >= 4 is 11.6 Å². The first-order chi connectivity index (χ1) is 10.2. The predicted molar refractivity (Wildman–Crippen MR) is 88.2 cm³/mol. The first-order valence-corrected chi connectivity index (χ1v) is 7.82. The second kappa shape index (κ2) is 7.58. The molecule has 0 heterocycles. The fourth-order valence-electron chi connectivity index (χ4n) is 2.46. The molecule has 0 spiro atoms. The topological polar surface area (TPSA) is 12.0 Å². The van der Waals surface area contributed by atoms with Gasteiger partial charge in [0, 0.05) is 16.6 Å². The number of hydrogen-bond acceptors (Lipinski definition) is 1. The second-order valence-corrected chi connectivity index (χ2v) is 5.57. The van der Waals surface area contributed by atoms with Gasteiger partial charge in [-0.15, -0.1) is 0 Å². The number of rotatable bonds is 6.